The predicted octanol–water partition coefficient (Wildman–Crippen LogP) is 5.26. The number of rotatable bonds is 12. The van der Waals surface area contributed by atoms with E-state index in [1.807, 2.05) is 24.3 Å². The van der Waals surface area contributed by atoms with Crippen LogP contribution in [0.3, 0.4) is 0 Å². The van der Waals surface area contributed by atoms with Gasteiger partial charge >= 0.3 is 0 Å². The van der Waals surface area contributed by atoms with Crippen LogP contribution in [0.15, 0.2) is 88.7 Å². The van der Waals surface area contributed by atoms with E-state index in [9.17, 15) is 26.4 Å². The van der Waals surface area contributed by atoms with Crippen LogP contribution >= 0.6 is 45.6 Å². The second-order valence-electron chi connectivity index (χ2n) is 13.8. The highest BCUT2D eigenvalue weighted by atomic mass is 35.5. The summed E-state index contributed by atoms with van der Waals surface area (Å²) in [6, 6.07) is 22.2. The van der Waals surface area contributed by atoms with Crippen LogP contribution in [0.25, 0.3) is 21.6 Å². The SMILES string of the molecule is O=C(Cc1nnc(NS(=O)(=O)c2ccc(-c3ccc(Cl)s3)cc2)s1)N1CCOCC1.O=C(Cc1nnc(NS(=O)(=O)c2ccc(-c3ccc4c(c3)OCO4)cc2)s1)N1CCOCC1. The number of amides is 2. The fraction of sp³-hybridized carbons (Fsp3) is 0.282. The first kappa shape index (κ1) is 44.3. The van der Waals surface area contributed by atoms with Gasteiger partial charge in [0.15, 0.2) is 11.5 Å². The second-order valence-corrected chi connectivity index (χ2v) is 21.0. The lowest BCUT2D eigenvalue weighted by Gasteiger charge is -2.26. The Morgan fingerprint density at radius 3 is 1.56 bits per heavy atom. The van der Waals surface area contributed by atoms with Crippen molar-refractivity contribution >= 4 is 87.7 Å². The number of carbonyl (C=O) groups is 2. The zero-order valence-corrected chi connectivity index (χ0v) is 37.8. The quantitative estimate of drug-likeness (QED) is 0.160. The van der Waals surface area contributed by atoms with Gasteiger partial charge in [-0.3, -0.25) is 19.0 Å². The zero-order chi connectivity index (χ0) is 44.0. The average Bonchev–Trinajstić information content (AvgIpc) is 4.13. The standard InChI is InChI=1S/C21H20N4O6S2.C18H17ClN4O4S3/c26-20(25-7-9-29-10-8-25)12-19-22-23-21(32-19)24-33(27,28)16-4-1-14(2-5-16)15-3-6-17-18(11-15)31-13-30-17;19-15-6-5-14(28-15)12-1-3-13(4-2-12)30(25,26)22-18-21-20-16(29-18)11-17(24)23-7-9-27-10-8-23/h1-6,11H,7-10,12-13H2,(H,23,24);1-6H,7-11H2,(H,21,22). The molecule has 3 aliphatic rings. The summed E-state index contributed by atoms with van der Waals surface area (Å²) in [6.45, 7) is 4.43. The van der Waals surface area contributed by atoms with E-state index in [1.54, 1.807) is 40.1 Å². The van der Waals surface area contributed by atoms with E-state index in [2.05, 4.69) is 29.8 Å². The fourth-order valence-corrected chi connectivity index (χ4v) is 11.3. The largest absolute Gasteiger partial charge is 0.454 e. The van der Waals surface area contributed by atoms with Crippen LogP contribution in [0.5, 0.6) is 11.5 Å². The summed E-state index contributed by atoms with van der Waals surface area (Å²) in [6.07, 6.45) is 0.154. The van der Waals surface area contributed by atoms with Gasteiger partial charge < -0.3 is 28.7 Å². The maximum Gasteiger partial charge on any atom is 0.263 e. The van der Waals surface area contributed by atoms with Gasteiger partial charge in [0.2, 0.25) is 28.9 Å². The third-order valence-corrected chi connectivity index (χ3v) is 15.5. The van der Waals surface area contributed by atoms with Gasteiger partial charge in [-0.05, 0) is 65.2 Å². The lowest BCUT2D eigenvalue weighted by molar-refractivity contribution is -0.135. The van der Waals surface area contributed by atoms with Gasteiger partial charge in [-0.1, -0.05) is 64.6 Å². The molecule has 0 spiro atoms. The van der Waals surface area contributed by atoms with Crippen molar-refractivity contribution in [1.82, 2.24) is 30.2 Å². The van der Waals surface area contributed by atoms with Crippen molar-refractivity contribution < 1.29 is 45.4 Å². The summed E-state index contributed by atoms with van der Waals surface area (Å²) in [5, 5.41) is 16.8. The Balaban J connectivity index is 0.000000174. The smallest absolute Gasteiger partial charge is 0.263 e. The van der Waals surface area contributed by atoms with Gasteiger partial charge in [0, 0.05) is 31.1 Å². The van der Waals surface area contributed by atoms with E-state index in [-0.39, 0.29) is 51.5 Å². The molecule has 0 bridgehead atoms. The minimum absolute atomic E-state index is 0.0730. The normalized spacial score (nSPS) is 15.1. The van der Waals surface area contributed by atoms with Crippen molar-refractivity contribution in [3.05, 3.63) is 93.2 Å². The highest BCUT2D eigenvalue weighted by Gasteiger charge is 2.23. The molecule has 2 saturated heterocycles. The van der Waals surface area contributed by atoms with E-state index < -0.39 is 20.0 Å². The van der Waals surface area contributed by atoms with Crippen LogP contribution in [0.1, 0.15) is 10.0 Å². The third kappa shape index (κ3) is 11.3. The molecule has 0 radical (unpaired) electrons. The first-order valence-electron chi connectivity index (χ1n) is 19.2. The van der Waals surface area contributed by atoms with Crippen LogP contribution in [-0.4, -0.2) is 118 Å². The first-order chi connectivity index (χ1) is 30.4. The van der Waals surface area contributed by atoms with Crippen molar-refractivity contribution in [2.75, 3.05) is 68.8 Å². The molecule has 63 heavy (non-hydrogen) atoms. The van der Waals surface area contributed by atoms with E-state index in [0.717, 1.165) is 44.2 Å². The van der Waals surface area contributed by atoms with Gasteiger partial charge in [0.1, 0.15) is 10.0 Å². The molecule has 0 saturated carbocycles. The molecule has 2 fully saturated rings. The Labute approximate surface area is 378 Å². The molecule has 3 aromatic carbocycles. The van der Waals surface area contributed by atoms with E-state index in [1.165, 1.54) is 35.6 Å². The lowest BCUT2D eigenvalue weighted by atomic mass is 10.1. The molecule has 6 aromatic rings. The maximum absolute atomic E-state index is 12.8. The van der Waals surface area contributed by atoms with Gasteiger partial charge in [-0.15, -0.1) is 31.7 Å². The molecule has 3 aliphatic heterocycles. The summed E-state index contributed by atoms with van der Waals surface area (Å²) in [4.78, 5) is 29.2. The Morgan fingerprint density at radius 1 is 0.587 bits per heavy atom. The predicted molar refractivity (Wildman–Crippen MR) is 236 cm³/mol. The number of hydrogen-bond donors (Lipinski definition) is 2. The average molecular weight is 974 g/mol. The molecular formula is C39H37ClN8O10S5. The number of nitrogens with one attached hydrogen (secondary N) is 2. The Hall–Kier alpha value is -5.27. The summed E-state index contributed by atoms with van der Waals surface area (Å²) < 4.78 is 77.6. The summed E-state index contributed by atoms with van der Waals surface area (Å²) in [5.41, 5.74) is 2.60. The Bertz CT molecular complexity index is 2790. The summed E-state index contributed by atoms with van der Waals surface area (Å²) in [7, 11) is -7.68. The molecule has 18 nitrogen and oxygen atoms in total. The number of thiophene rings is 1. The van der Waals surface area contributed by atoms with Gasteiger partial charge in [0.25, 0.3) is 20.0 Å². The maximum atomic E-state index is 12.8. The molecule has 24 heteroatoms. The van der Waals surface area contributed by atoms with E-state index in [4.69, 9.17) is 30.5 Å². The van der Waals surface area contributed by atoms with Gasteiger partial charge in [0.05, 0.1) is 53.4 Å². The topological polar surface area (TPSA) is 221 Å². The molecule has 6 heterocycles. The number of benzene rings is 3. The number of aromatic nitrogens is 4. The number of hydrogen-bond acceptors (Lipinski definition) is 17. The highest BCUT2D eigenvalue weighted by Crippen LogP contribution is 2.36. The van der Waals surface area contributed by atoms with Gasteiger partial charge in [-0.2, -0.15) is 0 Å². The Morgan fingerprint density at radius 2 is 1.06 bits per heavy atom. The number of anilines is 2. The minimum atomic E-state index is -3.86. The number of halogens is 1. The number of nitrogens with zero attached hydrogens (tertiary/aromatic N) is 6. The van der Waals surface area contributed by atoms with Crippen molar-refractivity contribution in [2.24, 2.45) is 0 Å². The number of ether oxygens (including phenoxy) is 4. The van der Waals surface area contributed by atoms with Crippen LogP contribution in [0.4, 0.5) is 10.3 Å². The van der Waals surface area contributed by atoms with Crippen LogP contribution in [0, 0.1) is 0 Å². The van der Waals surface area contributed by atoms with Gasteiger partial charge in [-0.25, -0.2) is 16.8 Å². The van der Waals surface area contributed by atoms with Crippen LogP contribution in [0.2, 0.25) is 4.34 Å². The highest BCUT2D eigenvalue weighted by molar-refractivity contribution is 7.93. The van der Waals surface area contributed by atoms with Crippen molar-refractivity contribution in [2.45, 2.75) is 22.6 Å². The molecule has 2 amide bonds. The van der Waals surface area contributed by atoms with Crippen molar-refractivity contribution in [3.63, 3.8) is 0 Å². The molecule has 0 aliphatic carbocycles. The molecule has 330 valence electrons. The zero-order valence-electron chi connectivity index (χ0n) is 33.0. The number of carbonyl (C=O) groups excluding carboxylic acids is 2. The van der Waals surface area contributed by atoms with Crippen LogP contribution in [-0.2, 0) is 52.0 Å². The monoisotopic (exact) mass is 972 g/mol. The minimum Gasteiger partial charge on any atom is -0.454 e. The summed E-state index contributed by atoms with van der Waals surface area (Å²) >= 11 is 9.46. The second kappa shape index (κ2) is 19.6. The van der Waals surface area contributed by atoms with Crippen molar-refractivity contribution in [3.8, 4) is 33.1 Å². The molecule has 0 atom stereocenters. The molecule has 0 unspecified atom stereocenters. The van der Waals surface area contributed by atoms with E-state index in [0.29, 0.717) is 78.5 Å². The third-order valence-electron chi connectivity index (χ3n) is 9.60. The number of morpholine rings is 2. The molecule has 2 N–H and O–H groups in total. The van der Waals surface area contributed by atoms with E-state index >= 15 is 0 Å². The van der Waals surface area contributed by atoms with Crippen molar-refractivity contribution in [1.29, 1.82) is 0 Å². The Kier molecular flexibility index (Phi) is 13.8. The summed E-state index contributed by atoms with van der Waals surface area (Å²) in [5.74, 6) is 1.19. The molecule has 3 aromatic heterocycles. The lowest BCUT2D eigenvalue weighted by Crippen LogP contribution is -2.41. The molecule has 9 rings (SSSR count). The van der Waals surface area contributed by atoms with Crippen LogP contribution < -0.4 is 18.9 Å². The fourth-order valence-electron chi connectivity index (χ4n) is 6.36. The molecular weight excluding hydrogens is 936 g/mol. The number of sulfonamides is 2. The number of fused-ring (bicyclic) bond motifs is 1. The first-order valence-corrected chi connectivity index (χ1v) is 25.0.